The van der Waals surface area contributed by atoms with Gasteiger partial charge in [0.1, 0.15) is 5.54 Å². The van der Waals surface area contributed by atoms with Crippen LogP contribution < -0.4 is 16.4 Å². The van der Waals surface area contributed by atoms with E-state index in [1.165, 1.54) is 0 Å². The van der Waals surface area contributed by atoms with Crippen molar-refractivity contribution in [3.05, 3.63) is 0 Å². The Balaban J connectivity index is 0. The molecule has 10 heteroatoms. The van der Waals surface area contributed by atoms with Gasteiger partial charge in [0, 0.05) is 6.54 Å². The molecule has 0 aromatic rings. The average Bonchev–Trinajstić information content (AvgIpc) is 2.15. The van der Waals surface area contributed by atoms with Gasteiger partial charge in [-0.05, 0) is 20.8 Å². The van der Waals surface area contributed by atoms with Crippen LogP contribution in [0.5, 0.6) is 0 Å². The highest BCUT2D eigenvalue weighted by molar-refractivity contribution is 5.88. The molecule has 0 fully saturated rings. The summed E-state index contributed by atoms with van der Waals surface area (Å²) in [5, 5.41) is 12.1. The van der Waals surface area contributed by atoms with Crippen LogP contribution >= 0.6 is 0 Å². The smallest absolute Gasteiger partial charge is 0.475 e. The highest BCUT2D eigenvalue weighted by Crippen LogP contribution is 2.13. The van der Waals surface area contributed by atoms with Crippen molar-refractivity contribution in [2.75, 3.05) is 6.54 Å². The maximum Gasteiger partial charge on any atom is 0.490 e. The van der Waals surface area contributed by atoms with Gasteiger partial charge in [-0.3, -0.25) is 4.79 Å². The molecule has 0 saturated carbocycles. The number of nitrogens with one attached hydrogen (secondary N) is 2. The van der Waals surface area contributed by atoms with Gasteiger partial charge in [0.15, 0.2) is 0 Å². The second-order valence-corrected chi connectivity index (χ2v) is 3.78. The third-order valence-electron chi connectivity index (χ3n) is 1.62. The van der Waals surface area contributed by atoms with Crippen molar-refractivity contribution in [2.24, 2.45) is 5.73 Å². The van der Waals surface area contributed by atoms with Gasteiger partial charge in [0.05, 0.1) is 0 Å². The zero-order chi connectivity index (χ0) is 15.9. The van der Waals surface area contributed by atoms with Gasteiger partial charge in [-0.15, -0.1) is 0 Å². The fourth-order valence-electron chi connectivity index (χ4n) is 0.550. The van der Waals surface area contributed by atoms with Crippen LogP contribution in [-0.2, 0) is 9.59 Å². The molecule has 0 spiro atoms. The number of hydrogen-bond acceptors (Lipinski definition) is 3. The molecular formula is C9H16F3N3O4. The number of halogens is 3. The highest BCUT2D eigenvalue weighted by atomic mass is 19.4. The Morgan fingerprint density at radius 3 is 1.79 bits per heavy atom. The van der Waals surface area contributed by atoms with Crippen LogP contribution in [0, 0.1) is 0 Å². The first-order valence-electron chi connectivity index (χ1n) is 5.00. The first-order chi connectivity index (χ1) is 8.34. The lowest BCUT2D eigenvalue weighted by molar-refractivity contribution is -0.192. The SMILES string of the molecule is CCNC(=O)NC(C)(C)C(N)=O.O=C(O)C(F)(F)F. The van der Waals surface area contributed by atoms with E-state index in [4.69, 9.17) is 15.6 Å². The second-order valence-electron chi connectivity index (χ2n) is 3.78. The van der Waals surface area contributed by atoms with E-state index in [2.05, 4.69) is 10.6 Å². The Hall–Kier alpha value is -2.00. The van der Waals surface area contributed by atoms with Crippen molar-refractivity contribution in [3.8, 4) is 0 Å². The predicted molar refractivity (Wildman–Crippen MR) is 59.2 cm³/mol. The molecule has 0 aliphatic carbocycles. The topological polar surface area (TPSA) is 122 Å². The summed E-state index contributed by atoms with van der Waals surface area (Å²) in [5.74, 6) is -3.32. The molecule has 0 aliphatic rings. The molecule has 112 valence electrons. The zero-order valence-electron chi connectivity index (χ0n) is 10.6. The summed E-state index contributed by atoms with van der Waals surface area (Å²) in [6.45, 7) is 5.40. The van der Waals surface area contributed by atoms with Gasteiger partial charge in [0.2, 0.25) is 5.91 Å². The molecule has 0 radical (unpaired) electrons. The molecule has 0 saturated heterocycles. The second kappa shape index (κ2) is 7.44. The summed E-state index contributed by atoms with van der Waals surface area (Å²) in [6.07, 6.45) is -5.08. The number of nitrogens with two attached hydrogens (primary N) is 1. The molecule has 19 heavy (non-hydrogen) atoms. The maximum atomic E-state index is 10.9. The molecule has 5 N–H and O–H groups in total. The third kappa shape index (κ3) is 9.68. The van der Waals surface area contributed by atoms with E-state index >= 15 is 0 Å². The van der Waals surface area contributed by atoms with Gasteiger partial charge in [-0.2, -0.15) is 13.2 Å². The fourth-order valence-corrected chi connectivity index (χ4v) is 0.550. The van der Waals surface area contributed by atoms with E-state index < -0.39 is 23.6 Å². The van der Waals surface area contributed by atoms with Crippen LogP contribution in [-0.4, -0.2) is 41.3 Å². The van der Waals surface area contributed by atoms with E-state index in [1.807, 2.05) is 0 Å². The minimum absolute atomic E-state index is 0.388. The standard InChI is InChI=1S/C7H15N3O2.C2HF3O2/c1-4-9-6(12)10-7(2,3)5(8)11;3-2(4,5)1(6)7/h4H2,1-3H3,(H2,8,11)(H2,9,10,12);(H,6,7). The molecule has 0 unspecified atom stereocenters. The Labute approximate surface area is 107 Å². The molecule has 0 atom stereocenters. The number of carboxylic acid groups (broad SMARTS) is 1. The normalized spacial score (nSPS) is 10.8. The van der Waals surface area contributed by atoms with Crippen LogP contribution in [0.25, 0.3) is 0 Å². The number of carboxylic acids is 1. The van der Waals surface area contributed by atoms with Crippen LogP contribution in [0.3, 0.4) is 0 Å². The van der Waals surface area contributed by atoms with Gasteiger partial charge < -0.3 is 21.5 Å². The Morgan fingerprint density at radius 1 is 1.21 bits per heavy atom. The molecule has 3 amide bonds. The third-order valence-corrected chi connectivity index (χ3v) is 1.62. The van der Waals surface area contributed by atoms with Crippen molar-refractivity contribution >= 4 is 17.9 Å². The van der Waals surface area contributed by atoms with Gasteiger partial charge in [0.25, 0.3) is 0 Å². The minimum atomic E-state index is -5.08. The molecule has 0 aromatic heterocycles. The van der Waals surface area contributed by atoms with Crippen LogP contribution in [0.4, 0.5) is 18.0 Å². The van der Waals surface area contributed by atoms with E-state index in [0.29, 0.717) is 6.54 Å². The molecule has 0 bridgehead atoms. The van der Waals surface area contributed by atoms with E-state index in [-0.39, 0.29) is 6.03 Å². The number of carbonyl (C=O) groups is 3. The Kier molecular flexibility index (Phi) is 7.57. The largest absolute Gasteiger partial charge is 0.490 e. The van der Waals surface area contributed by atoms with Crippen LogP contribution in [0.15, 0.2) is 0 Å². The lowest BCUT2D eigenvalue weighted by atomic mass is 10.1. The van der Waals surface area contributed by atoms with Gasteiger partial charge >= 0.3 is 18.2 Å². The molecule has 0 aliphatic heterocycles. The first-order valence-corrected chi connectivity index (χ1v) is 5.00. The summed E-state index contributed by atoms with van der Waals surface area (Å²) >= 11 is 0. The number of primary amides is 1. The monoisotopic (exact) mass is 287 g/mol. The number of urea groups is 1. The van der Waals surface area contributed by atoms with Gasteiger partial charge in [-0.25, -0.2) is 9.59 Å². The lowest BCUT2D eigenvalue weighted by Gasteiger charge is -2.21. The Morgan fingerprint density at radius 2 is 1.58 bits per heavy atom. The van der Waals surface area contributed by atoms with Crippen molar-refractivity contribution in [1.29, 1.82) is 0 Å². The number of rotatable bonds is 3. The number of aliphatic carboxylic acids is 1. The summed E-state index contributed by atoms with van der Waals surface area (Å²) in [4.78, 5) is 30.6. The maximum absolute atomic E-state index is 10.9. The molecule has 7 nitrogen and oxygen atoms in total. The lowest BCUT2D eigenvalue weighted by Crippen LogP contribution is -2.55. The Bertz CT molecular complexity index is 342. The highest BCUT2D eigenvalue weighted by Gasteiger charge is 2.38. The van der Waals surface area contributed by atoms with Gasteiger partial charge in [-0.1, -0.05) is 0 Å². The summed E-state index contributed by atoms with van der Waals surface area (Å²) < 4.78 is 31.7. The van der Waals surface area contributed by atoms with E-state index in [1.54, 1.807) is 20.8 Å². The average molecular weight is 287 g/mol. The molecule has 0 rings (SSSR count). The van der Waals surface area contributed by atoms with Crippen LogP contribution in [0.1, 0.15) is 20.8 Å². The van der Waals surface area contributed by atoms with E-state index in [9.17, 15) is 22.8 Å². The van der Waals surface area contributed by atoms with Crippen molar-refractivity contribution < 1.29 is 32.7 Å². The molecule has 0 aromatic carbocycles. The molecular weight excluding hydrogens is 271 g/mol. The zero-order valence-corrected chi connectivity index (χ0v) is 10.6. The minimum Gasteiger partial charge on any atom is -0.475 e. The number of hydrogen-bond donors (Lipinski definition) is 4. The van der Waals surface area contributed by atoms with Crippen molar-refractivity contribution in [2.45, 2.75) is 32.5 Å². The molecule has 0 heterocycles. The fraction of sp³-hybridized carbons (Fsp3) is 0.667. The number of alkyl halides is 3. The predicted octanol–water partition coefficient (Wildman–Crippen LogP) is 0.203. The number of amides is 3. The number of carbonyl (C=O) groups excluding carboxylic acids is 2. The van der Waals surface area contributed by atoms with Crippen molar-refractivity contribution in [3.63, 3.8) is 0 Å². The van der Waals surface area contributed by atoms with Crippen LogP contribution in [0.2, 0.25) is 0 Å². The summed E-state index contributed by atoms with van der Waals surface area (Å²) in [5.41, 5.74) is 4.03. The first kappa shape index (κ1) is 19.3. The quantitative estimate of drug-likeness (QED) is 0.592. The van der Waals surface area contributed by atoms with Crippen molar-refractivity contribution in [1.82, 2.24) is 10.6 Å². The summed E-state index contributed by atoms with van der Waals surface area (Å²) in [6, 6.07) is -0.388. The van der Waals surface area contributed by atoms with E-state index in [0.717, 1.165) is 0 Å². The summed E-state index contributed by atoms with van der Waals surface area (Å²) in [7, 11) is 0.